The number of ether oxygens (including phenoxy) is 1. The number of carbonyl (C=O) groups excluding carboxylic acids is 1. The number of carbonyl (C=O) groups is 1. The van der Waals surface area contributed by atoms with Crippen molar-refractivity contribution in [1.82, 2.24) is 14.9 Å². The van der Waals surface area contributed by atoms with Crippen molar-refractivity contribution in [1.29, 1.82) is 0 Å². The molecule has 1 aromatic heterocycles. The highest BCUT2D eigenvalue weighted by molar-refractivity contribution is 7.92. The van der Waals surface area contributed by atoms with Gasteiger partial charge in [-0.05, 0) is 100 Å². The number of benzene rings is 2. The molecule has 2 N–H and O–H groups in total. The van der Waals surface area contributed by atoms with Crippen LogP contribution in [0.3, 0.4) is 0 Å². The number of likely N-dealkylation sites (tertiary alicyclic amines) is 1. The van der Waals surface area contributed by atoms with E-state index in [9.17, 15) is 18.3 Å². The van der Waals surface area contributed by atoms with E-state index < -0.39 is 27.8 Å². The van der Waals surface area contributed by atoms with Gasteiger partial charge in [-0.2, -0.15) is 0 Å². The first-order valence-electron chi connectivity index (χ1n) is 15.4. The van der Waals surface area contributed by atoms with Crippen LogP contribution in [0.4, 0.5) is 10.7 Å². The lowest BCUT2D eigenvalue weighted by Crippen LogP contribution is -2.41. The third kappa shape index (κ3) is 9.40. The highest BCUT2D eigenvalue weighted by Crippen LogP contribution is 2.33. The Labute approximate surface area is 272 Å². The van der Waals surface area contributed by atoms with Crippen molar-refractivity contribution in [2.75, 3.05) is 17.8 Å². The number of hydrogen-bond donors (Lipinski definition) is 2. The Hall–Kier alpha value is -3.21. The van der Waals surface area contributed by atoms with Crippen LogP contribution in [-0.4, -0.2) is 59.3 Å². The smallest absolute Gasteiger partial charge is 0.410 e. The van der Waals surface area contributed by atoms with Gasteiger partial charge in [0.15, 0.2) is 0 Å². The van der Waals surface area contributed by atoms with Gasteiger partial charge < -0.3 is 14.7 Å². The molecule has 0 bridgehead atoms. The summed E-state index contributed by atoms with van der Waals surface area (Å²) in [6.45, 7) is 14.3. The van der Waals surface area contributed by atoms with Gasteiger partial charge in [-0.15, -0.1) is 0 Å². The second-order valence-electron chi connectivity index (χ2n) is 13.5. The number of anilines is 1. The Bertz CT molecular complexity index is 1600. The minimum Gasteiger partial charge on any atom is -0.444 e. The van der Waals surface area contributed by atoms with E-state index in [0.29, 0.717) is 31.0 Å². The number of aromatic nitrogens is 2. The number of aliphatic hydroxyl groups is 1. The van der Waals surface area contributed by atoms with Gasteiger partial charge in [-0.3, -0.25) is 0 Å². The van der Waals surface area contributed by atoms with Gasteiger partial charge in [0.25, 0.3) is 10.0 Å². The quantitative estimate of drug-likeness (QED) is 0.250. The summed E-state index contributed by atoms with van der Waals surface area (Å²) >= 11 is 6.31. The fourth-order valence-corrected chi connectivity index (χ4v) is 7.30. The Morgan fingerprint density at radius 3 is 2.38 bits per heavy atom. The second-order valence-corrected chi connectivity index (χ2v) is 15.6. The monoisotopic (exact) mass is 656 g/mol. The average Bonchev–Trinajstić information content (AvgIpc) is 3.05. The minimum atomic E-state index is -4.05. The number of β-amino-alcohol motifs (C(OH)–C–C–N with tert-alkyl or cyclic N) is 1. The van der Waals surface area contributed by atoms with E-state index in [-0.39, 0.29) is 34.4 Å². The van der Waals surface area contributed by atoms with Crippen molar-refractivity contribution < 1.29 is 23.1 Å². The molecule has 1 aliphatic heterocycles. The number of nitrogens with one attached hydrogen (secondary N) is 1. The summed E-state index contributed by atoms with van der Waals surface area (Å²) in [7, 11) is -4.05. The molecule has 9 nitrogen and oxygen atoms in total. The van der Waals surface area contributed by atoms with Crippen molar-refractivity contribution in [3.8, 4) is 11.3 Å². The molecule has 0 aliphatic carbocycles. The number of nitrogens with zero attached hydrogens (tertiary/aromatic N) is 3. The maximum Gasteiger partial charge on any atom is 0.410 e. The molecule has 11 heteroatoms. The molecular weight excluding hydrogens is 612 g/mol. The highest BCUT2D eigenvalue weighted by atomic mass is 35.5. The third-order valence-electron chi connectivity index (χ3n) is 7.92. The molecule has 0 saturated carbocycles. The fourth-order valence-electron chi connectivity index (χ4n) is 6.11. The number of halogens is 1. The summed E-state index contributed by atoms with van der Waals surface area (Å²) in [5.41, 5.74) is 3.55. The summed E-state index contributed by atoms with van der Waals surface area (Å²) in [5.74, 6) is 0.375. The minimum absolute atomic E-state index is 0.0249. The first-order valence-corrected chi connectivity index (χ1v) is 17.3. The number of amides is 1. The third-order valence-corrected chi connectivity index (χ3v) is 9.44. The van der Waals surface area contributed by atoms with E-state index in [0.717, 1.165) is 28.7 Å². The molecule has 1 fully saturated rings. The standard InChI is InChI=1S/C34H45ClN4O5S/c1-21(2)14-26-19-39(33(41)44-34(5,6)7)20-27(40)17-25(26)15-24-12-9-13-28(16-24)45(42,43)38-32-36-29(18-30(35)37-32)31-22(3)10-8-11-23(31)4/h8-13,16,18,21,25-27,40H,14-15,17,19-20H2,1-7H3,(H,36,37,38)/t25?,26-,27+/m1/s1. The predicted octanol–water partition coefficient (Wildman–Crippen LogP) is 7.04. The van der Waals surface area contributed by atoms with Crippen LogP contribution in [0.2, 0.25) is 5.15 Å². The number of aliphatic hydroxyl groups excluding tert-OH is 1. The fraction of sp³-hybridized carbons (Fsp3) is 0.500. The van der Waals surface area contributed by atoms with Gasteiger partial charge >= 0.3 is 6.09 Å². The second kappa shape index (κ2) is 14.1. The van der Waals surface area contributed by atoms with Crippen LogP contribution in [0.5, 0.6) is 0 Å². The number of hydrogen-bond acceptors (Lipinski definition) is 7. The van der Waals surface area contributed by atoms with E-state index in [2.05, 4.69) is 28.5 Å². The van der Waals surface area contributed by atoms with Crippen LogP contribution in [0.15, 0.2) is 53.4 Å². The number of rotatable bonds is 8. The Morgan fingerprint density at radius 2 is 1.73 bits per heavy atom. The summed E-state index contributed by atoms with van der Waals surface area (Å²) in [4.78, 5) is 23.3. The van der Waals surface area contributed by atoms with Gasteiger partial charge in [-0.1, -0.05) is 55.8 Å². The van der Waals surface area contributed by atoms with Crippen LogP contribution in [0, 0.1) is 31.6 Å². The molecule has 2 aromatic carbocycles. The zero-order chi connectivity index (χ0) is 33.1. The average molecular weight is 657 g/mol. The van der Waals surface area contributed by atoms with E-state index in [1.807, 2.05) is 58.9 Å². The van der Waals surface area contributed by atoms with Crippen molar-refractivity contribution >= 4 is 33.7 Å². The summed E-state index contributed by atoms with van der Waals surface area (Å²) in [5, 5.41) is 11.1. The molecule has 1 amide bonds. The van der Waals surface area contributed by atoms with Gasteiger partial charge in [0.1, 0.15) is 10.8 Å². The lowest BCUT2D eigenvalue weighted by atomic mass is 9.79. The molecule has 2 heterocycles. The summed E-state index contributed by atoms with van der Waals surface area (Å²) < 4.78 is 35.2. The molecule has 3 atom stereocenters. The number of sulfonamides is 1. The maximum absolute atomic E-state index is 13.6. The SMILES string of the molecule is Cc1cccc(C)c1-c1cc(Cl)nc(NS(=O)(=O)c2cccc(CC3C[C@H](O)CN(C(=O)OC(C)(C)C)C[C@H]3CC(C)C)c2)n1. The molecule has 244 valence electrons. The Balaban J connectivity index is 1.57. The van der Waals surface area contributed by atoms with Crippen molar-refractivity contribution in [2.24, 2.45) is 17.8 Å². The lowest BCUT2D eigenvalue weighted by Gasteiger charge is -2.31. The molecule has 0 spiro atoms. The summed E-state index contributed by atoms with van der Waals surface area (Å²) in [6.07, 6.45) is 0.733. The molecule has 4 rings (SSSR count). The van der Waals surface area contributed by atoms with E-state index in [1.165, 1.54) is 6.07 Å². The van der Waals surface area contributed by atoms with Gasteiger partial charge in [0, 0.05) is 24.7 Å². The first-order chi connectivity index (χ1) is 21.0. The molecule has 1 saturated heterocycles. The molecule has 45 heavy (non-hydrogen) atoms. The highest BCUT2D eigenvalue weighted by Gasteiger charge is 2.35. The molecule has 0 radical (unpaired) electrons. The molecule has 1 aliphatic rings. The zero-order valence-corrected chi connectivity index (χ0v) is 28.7. The molecular formula is C34H45ClN4O5S. The Kier molecular flexibility index (Phi) is 10.8. The normalized spacial score (nSPS) is 19.3. The van der Waals surface area contributed by atoms with Crippen LogP contribution in [0.25, 0.3) is 11.3 Å². The van der Waals surface area contributed by atoms with E-state index in [4.69, 9.17) is 16.3 Å². The largest absolute Gasteiger partial charge is 0.444 e. The van der Waals surface area contributed by atoms with Crippen molar-refractivity contribution in [3.05, 3.63) is 70.4 Å². The van der Waals surface area contributed by atoms with E-state index >= 15 is 0 Å². The van der Waals surface area contributed by atoms with Crippen LogP contribution < -0.4 is 4.72 Å². The van der Waals surface area contributed by atoms with Crippen LogP contribution in [0.1, 0.15) is 64.2 Å². The summed E-state index contributed by atoms with van der Waals surface area (Å²) in [6, 6.07) is 14.3. The van der Waals surface area contributed by atoms with Gasteiger partial charge in [0.05, 0.1) is 16.7 Å². The van der Waals surface area contributed by atoms with Crippen LogP contribution >= 0.6 is 11.6 Å². The van der Waals surface area contributed by atoms with Crippen LogP contribution in [-0.2, 0) is 21.2 Å². The topological polar surface area (TPSA) is 122 Å². The molecule has 3 aromatic rings. The Morgan fingerprint density at radius 1 is 1.07 bits per heavy atom. The number of aryl methyl sites for hydroxylation is 2. The predicted molar refractivity (Wildman–Crippen MR) is 178 cm³/mol. The van der Waals surface area contributed by atoms with Gasteiger partial charge in [-0.25, -0.2) is 27.9 Å². The zero-order valence-electron chi connectivity index (χ0n) is 27.2. The van der Waals surface area contributed by atoms with Crippen molar-refractivity contribution in [2.45, 2.75) is 84.3 Å². The van der Waals surface area contributed by atoms with Gasteiger partial charge in [0.2, 0.25) is 5.95 Å². The lowest BCUT2D eigenvalue weighted by molar-refractivity contribution is 0.0152. The molecule has 1 unspecified atom stereocenters. The maximum atomic E-state index is 13.6. The van der Waals surface area contributed by atoms with Crippen molar-refractivity contribution in [3.63, 3.8) is 0 Å². The first kappa shape index (κ1) is 34.7. The van der Waals surface area contributed by atoms with E-state index in [1.54, 1.807) is 23.1 Å².